The van der Waals surface area contributed by atoms with E-state index in [1.807, 2.05) is 13.0 Å². The van der Waals surface area contributed by atoms with Gasteiger partial charge in [-0.05, 0) is 88.4 Å². The summed E-state index contributed by atoms with van der Waals surface area (Å²) >= 11 is 0. The summed E-state index contributed by atoms with van der Waals surface area (Å²) in [5.74, 6) is -0.676. The molecular formula is C27H32N2O4. The normalized spacial score (nSPS) is 19.8. The molecule has 2 aromatic rings. The number of aromatic nitrogens is 1. The van der Waals surface area contributed by atoms with Crippen LogP contribution in [0.15, 0.2) is 41.1 Å². The fourth-order valence-electron chi connectivity index (χ4n) is 5.01. The van der Waals surface area contributed by atoms with Crippen LogP contribution in [0.25, 0.3) is 11.8 Å². The lowest BCUT2D eigenvalue weighted by Crippen LogP contribution is -2.33. The average molecular weight is 449 g/mol. The summed E-state index contributed by atoms with van der Waals surface area (Å²) in [6.07, 6.45) is 3.74. The quantitative estimate of drug-likeness (QED) is 0.497. The summed E-state index contributed by atoms with van der Waals surface area (Å²) in [5, 5.41) is 0. The van der Waals surface area contributed by atoms with Gasteiger partial charge in [0.05, 0.1) is 30.9 Å². The molecule has 0 bridgehead atoms. The van der Waals surface area contributed by atoms with Gasteiger partial charge in [-0.2, -0.15) is 0 Å². The van der Waals surface area contributed by atoms with E-state index >= 15 is 0 Å². The SMILES string of the molecule is COC(=O)C1=C(C)N(CC2CCCO2)C(=O)C1=Cc1cc(C)n(-c2cc(C)cc(C)c2)c1C. The molecule has 1 fully saturated rings. The number of amides is 1. The maximum atomic E-state index is 13.4. The van der Waals surface area contributed by atoms with Gasteiger partial charge in [-0.15, -0.1) is 0 Å². The Bertz CT molecular complexity index is 1160. The van der Waals surface area contributed by atoms with Gasteiger partial charge in [-0.1, -0.05) is 6.07 Å². The van der Waals surface area contributed by atoms with Crippen LogP contribution in [0.5, 0.6) is 0 Å². The van der Waals surface area contributed by atoms with Crippen molar-refractivity contribution in [1.29, 1.82) is 0 Å². The van der Waals surface area contributed by atoms with Crippen molar-refractivity contribution in [3.8, 4) is 5.69 Å². The lowest BCUT2D eigenvalue weighted by atomic mass is 10.0. The van der Waals surface area contributed by atoms with E-state index in [1.54, 1.807) is 11.8 Å². The van der Waals surface area contributed by atoms with Crippen molar-refractivity contribution in [2.75, 3.05) is 20.3 Å². The minimum absolute atomic E-state index is 0.00299. The third-order valence-electron chi connectivity index (χ3n) is 6.55. The van der Waals surface area contributed by atoms with Crippen LogP contribution in [0.3, 0.4) is 0 Å². The monoisotopic (exact) mass is 448 g/mol. The summed E-state index contributed by atoms with van der Waals surface area (Å²) < 4.78 is 13.0. The Morgan fingerprint density at radius 2 is 1.82 bits per heavy atom. The summed E-state index contributed by atoms with van der Waals surface area (Å²) in [6, 6.07) is 8.51. The van der Waals surface area contributed by atoms with E-state index in [1.165, 1.54) is 18.2 Å². The number of methoxy groups -OCH3 is 1. The molecule has 0 saturated carbocycles. The van der Waals surface area contributed by atoms with Crippen molar-refractivity contribution in [2.24, 2.45) is 0 Å². The summed E-state index contributed by atoms with van der Waals surface area (Å²) in [6.45, 7) is 11.2. The Morgan fingerprint density at radius 1 is 1.12 bits per heavy atom. The van der Waals surface area contributed by atoms with Crippen LogP contribution in [0.4, 0.5) is 0 Å². The third kappa shape index (κ3) is 4.27. The van der Waals surface area contributed by atoms with E-state index in [0.29, 0.717) is 30.0 Å². The van der Waals surface area contributed by atoms with Crippen molar-refractivity contribution in [3.63, 3.8) is 0 Å². The number of carbonyl (C=O) groups excluding carboxylic acids is 2. The molecular weight excluding hydrogens is 416 g/mol. The van der Waals surface area contributed by atoms with E-state index in [4.69, 9.17) is 9.47 Å². The number of ether oxygens (including phenoxy) is 2. The first-order chi connectivity index (χ1) is 15.7. The highest BCUT2D eigenvalue weighted by Crippen LogP contribution is 2.34. The molecule has 2 aliphatic heterocycles. The number of aryl methyl sites for hydroxylation is 3. The molecule has 6 heteroatoms. The molecule has 6 nitrogen and oxygen atoms in total. The van der Waals surface area contributed by atoms with Crippen LogP contribution in [0.1, 0.15) is 47.8 Å². The average Bonchev–Trinajstić information content (AvgIpc) is 3.42. The Hall–Kier alpha value is -3.12. The van der Waals surface area contributed by atoms with Crippen LogP contribution >= 0.6 is 0 Å². The molecule has 1 amide bonds. The number of nitrogens with zero attached hydrogens (tertiary/aromatic N) is 2. The van der Waals surface area contributed by atoms with Crippen molar-refractivity contribution in [1.82, 2.24) is 9.47 Å². The standard InChI is InChI=1S/C27H32N2O4/c1-16-10-17(2)12-22(11-16)29-18(3)13-21(19(29)4)14-24-25(27(31)32-6)20(5)28(26(24)30)15-23-8-7-9-33-23/h10-14,23H,7-9,15H2,1-6H3. The molecule has 0 radical (unpaired) electrons. The predicted molar refractivity (Wildman–Crippen MR) is 128 cm³/mol. The highest BCUT2D eigenvalue weighted by atomic mass is 16.5. The number of carbonyl (C=O) groups is 2. The predicted octanol–water partition coefficient (Wildman–Crippen LogP) is 4.56. The molecule has 174 valence electrons. The molecule has 1 aromatic heterocycles. The molecule has 4 rings (SSSR count). The highest BCUT2D eigenvalue weighted by Gasteiger charge is 2.38. The van der Waals surface area contributed by atoms with Gasteiger partial charge in [0, 0.05) is 29.4 Å². The van der Waals surface area contributed by atoms with E-state index in [9.17, 15) is 9.59 Å². The molecule has 0 aliphatic carbocycles. The molecule has 33 heavy (non-hydrogen) atoms. The minimum atomic E-state index is -0.495. The van der Waals surface area contributed by atoms with Gasteiger partial charge in [0.15, 0.2) is 0 Å². The van der Waals surface area contributed by atoms with Crippen molar-refractivity contribution in [3.05, 3.63) is 69.2 Å². The van der Waals surface area contributed by atoms with E-state index < -0.39 is 5.97 Å². The lowest BCUT2D eigenvalue weighted by Gasteiger charge is -2.21. The van der Waals surface area contributed by atoms with E-state index in [-0.39, 0.29) is 12.0 Å². The molecule has 1 atom stereocenters. The molecule has 0 spiro atoms. The van der Waals surface area contributed by atoms with Gasteiger partial charge in [-0.3, -0.25) is 4.79 Å². The van der Waals surface area contributed by atoms with Gasteiger partial charge in [-0.25, -0.2) is 4.79 Å². The maximum Gasteiger partial charge on any atom is 0.340 e. The van der Waals surface area contributed by atoms with Gasteiger partial charge < -0.3 is 18.9 Å². The largest absolute Gasteiger partial charge is 0.465 e. The highest BCUT2D eigenvalue weighted by molar-refractivity contribution is 6.16. The van der Waals surface area contributed by atoms with E-state index in [2.05, 4.69) is 49.6 Å². The molecule has 0 N–H and O–H groups in total. The van der Waals surface area contributed by atoms with Crippen LogP contribution in [0.2, 0.25) is 0 Å². The number of hydrogen-bond acceptors (Lipinski definition) is 4. The number of rotatable bonds is 5. The Morgan fingerprint density at radius 3 is 2.42 bits per heavy atom. The summed E-state index contributed by atoms with van der Waals surface area (Å²) in [7, 11) is 1.35. The lowest BCUT2D eigenvalue weighted by molar-refractivity contribution is -0.136. The topological polar surface area (TPSA) is 60.8 Å². The van der Waals surface area contributed by atoms with Crippen LogP contribution < -0.4 is 0 Å². The van der Waals surface area contributed by atoms with Crippen LogP contribution in [-0.4, -0.2) is 47.7 Å². The summed E-state index contributed by atoms with van der Waals surface area (Å²) in [5.41, 5.74) is 7.78. The van der Waals surface area contributed by atoms with Crippen molar-refractivity contribution < 1.29 is 19.1 Å². The van der Waals surface area contributed by atoms with Crippen LogP contribution in [0, 0.1) is 27.7 Å². The number of benzene rings is 1. The Kier molecular flexibility index (Phi) is 6.30. The van der Waals surface area contributed by atoms with Crippen LogP contribution in [-0.2, 0) is 19.1 Å². The maximum absolute atomic E-state index is 13.4. The smallest absolute Gasteiger partial charge is 0.340 e. The van der Waals surface area contributed by atoms with Gasteiger partial charge >= 0.3 is 5.97 Å². The molecule has 1 saturated heterocycles. The Labute approximate surface area is 195 Å². The second-order valence-electron chi connectivity index (χ2n) is 9.07. The number of esters is 1. The second kappa shape index (κ2) is 9.02. The number of hydrogen-bond donors (Lipinski definition) is 0. The van der Waals surface area contributed by atoms with Gasteiger partial charge in [0.1, 0.15) is 0 Å². The fraction of sp³-hybridized carbons (Fsp3) is 0.407. The summed E-state index contributed by atoms with van der Waals surface area (Å²) in [4.78, 5) is 27.8. The first-order valence-corrected chi connectivity index (χ1v) is 11.4. The third-order valence-corrected chi connectivity index (χ3v) is 6.55. The molecule has 1 aromatic carbocycles. The fourth-order valence-corrected chi connectivity index (χ4v) is 5.01. The molecule has 1 unspecified atom stereocenters. The van der Waals surface area contributed by atoms with Crippen molar-refractivity contribution in [2.45, 2.75) is 53.6 Å². The second-order valence-corrected chi connectivity index (χ2v) is 9.07. The zero-order valence-electron chi connectivity index (χ0n) is 20.3. The zero-order valence-corrected chi connectivity index (χ0v) is 20.3. The molecule has 2 aliphatic rings. The number of allylic oxidation sites excluding steroid dienone is 1. The molecule has 3 heterocycles. The first kappa shape index (κ1) is 23.1. The van der Waals surface area contributed by atoms with Gasteiger partial charge in [0.25, 0.3) is 5.91 Å². The Balaban J connectivity index is 1.77. The van der Waals surface area contributed by atoms with Crippen molar-refractivity contribution >= 4 is 18.0 Å². The first-order valence-electron chi connectivity index (χ1n) is 11.4. The van der Waals surface area contributed by atoms with E-state index in [0.717, 1.165) is 35.5 Å². The van der Waals surface area contributed by atoms with Gasteiger partial charge in [0.2, 0.25) is 0 Å². The zero-order chi connectivity index (χ0) is 23.9. The minimum Gasteiger partial charge on any atom is -0.465 e.